The molecule has 1 aliphatic heterocycles. The molecule has 0 unspecified atom stereocenters. The summed E-state index contributed by atoms with van der Waals surface area (Å²) in [5, 5.41) is 0. The van der Waals surface area contributed by atoms with Crippen LogP contribution in [-0.2, 0) is 10.0 Å². The highest BCUT2D eigenvalue weighted by Crippen LogP contribution is 2.29. The summed E-state index contributed by atoms with van der Waals surface area (Å²) in [6.07, 6.45) is 6.72. The van der Waals surface area contributed by atoms with Gasteiger partial charge in [-0.3, -0.25) is 4.79 Å². The summed E-state index contributed by atoms with van der Waals surface area (Å²) >= 11 is 1.46. The number of carbonyl (C=O) groups is 1. The number of methoxy groups -OCH3 is 1. The zero-order valence-corrected chi connectivity index (χ0v) is 21.5. The lowest BCUT2D eigenvalue weighted by Gasteiger charge is -2.22. The second-order valence-corrected chi connectivity index (χ2v) is 10.9. The van der Waals surface area contributed by atoms with E-state index < -0.39 is 10.0 Å². The Hall–Kier alpha value is -2.03. The van der Waals surface area contributed by atoms with Gasteiger partial charge < -0.3 is 9.64 Å². The van der Waals surface area contributed by atoms with Gasteiger partial charge in [0, 0.05) is 24.0 Å². The number of likely N-dealkylation sites (tertiary alicyclic amines) is 1. The number of hydrogen-bond acceptors (Lipinski definition) is 5. The SMILES string of the molecule is CC[C@@H](NS(=O)(=O)c1ccc(SC)c(C(=O)N2CCCCCC2)c1)c1ccc(OC)c(C)c1. The minimum atomic E-state index is -3.83. The van der Waals surface area contributed by atoms with Crippen LogP contribution in [-0.4, -0.2) is 45.7 Å². The van der Waals surface area contributed by atoms with Crippen LogP contribution < -0.4 is 9.46 Å². The molecular weight excluding hydrogens is 456 g/mol. The highest BCUT2D eigenvalue weighted by atomic mass is 32.2. The third-order valence-corrected chi connectivity index (χ3v) is 8.40. The van der Waals surface area contributed by atoms with Crippen LogP contribution in [0.2, 0.25) is 0 Å². The predicted molar refractivity (Wildman–Crippen MR) is 134 cm³/mol. The first-order valence-electron chi connectivity index (χ1n) is 11.4. The van der Waals surface area contributed by atoms with Crippen molar-refractivity contribution in [3.63, 3.8) is 0 Å². The van der Waals surface area contributed by atoms with Crippen molar-refractivity contribution >= 4 is 27.7 Å². The van der Waals surface area contributed by atoms with Crippen LogP contribution in [0.5, 0.6) is 5.75 Å². The lowest BCUT2D eigenvalue weighted by atomic mass is 10.0. The van der Waals surface area contributed by atoms with Gasteiger partial charge in [0.2, 0.25) is 10.0 Å². The molecule has 1 aliphatic rings. The van der Waals surface area contributed by atoms with Crippen molar-refractivity contribution in [1.82, 2.24) is 9.62 Å². The molecule has 1 heterocycles. The molecule has 1 fully saturated rings. The maximum absolute atomic E-state index is 13.3. The van der Waals surface area contributed by atoms with Crippen LogP contribution in [0.25, 0.3) is 0 Å². The van der Waals surface area contributed by atoms with Crippen molar-refractivity contribution in [2.75, 3.05) is 26.5 Å². The van der Waals surface area contributed by atoms with Crippen LogP contribution in [0.15, 0.2) is 46.2 Å². The van der Waals surface area contributed by atoms with Crippen molar-refractivity contribution in [2.45, 2.75) is 61.8 Å². The fourth-order valence-corrected chi connectivity index (χ4v) is 6.13. The number of ether oxygens (including phenoxy) is 1. The van der Waals surface area contributed by atoms with E-state index in [4.69, 9.17) is 4.74 Å². The zero-order chi connectivity index (χ0) is 24.0. The van der Waals surface area contributed by atoms with E-state index in [1.165, 1.54) is 17.8 Å². The molecule has 0 spiro atoms. The average Bonchev–Trinajstić information content (AvgIpc) is 3.11. The summed E-state index contributed by atoms with van der Waals surface area (Å²) in [6, 6.07) is 10.2. The first-order valence-corrected chi connectivity index (χ1v) is 14.2. The van der Waals surface area contributed by atoms with Gasteiger partial charge in [-0.1, -0.05) is 31.9 Å². The first kappa shape index (κ1) is 25.6. The third kappa shape index (κ3) is 6.11. The number of aryl methyl sites for hydroxylation is 1. The number of nitrogens with one attached hydrogen (secondary N) is 1. The molecule has 2 aromatic carbocycles. The lowest BCUT2D eigenvalue weighted by Crippen LogP contribution is -2.33. The average molecular weight is 491 g/mol. The Labute approximate surface area is 202 Å². The molecule has 33 heavy (non-hydrogen) atoms. The summed E-state index contributed by atoms with van der Waals surface area (Å²) in [5.74, 6) is 0.678. The Balaban J connectivity index is 1.89. The van der Waals surface area contributed by atoms with Gasteiger partial charge in [-0.2, -0.15) is 0 Å². The van der Waals surface area contributed by atoms with E-state index in [0.717, 1.165) is 60.5 Å². The van der Waals surface area contributed by atoms with Gasteiger partial charge in [0.05, 0.1) is 17.6 Å². The van der Waals surface area contributed by atoms with E-state index in [1.807, 2.05) is 43.2 Å². The van der Waals surface area contributed by atoms with Crippen LogP contribution in [0.3, 0.4) is 0 Å². The summed E-state index contributed by atoms with van der Waals surface area (Å²) in [4.78, 5) is 16.1. The molecule has 0 radical (unpaired) electrons. The van der Waals surface area contributed by atoms with E-state index in [-0.39, 0.29) is 16.8 Å². The molecule has 0 aromatic heterocycles. The van der Waals surface area contributed by atoms with E-state index in [0.29, 0.717) is 12.0 Å². The molecule has 1 amide bonds. The number of amides is 1. The minimum Gasteiger partial charge on any atom is -0.496 e. The number of rotatable bonds is 8. The van der Waals surface area contributed by atoms with Gasteiger partial charge in [0.25, 0.3) is 5.91 Å². The second-order valence-electron chi connectivity index (χ2n) is 8.38. The molecular formula is C25H34N2O4S2. The Morgan fingerprint density at radius 1 is 1.12 bits per heavy atom. The van der Waals surface area contributed by atoms with Crippen LogP contribution >= 0.6 is 11.8 Å². The highest BCUT2D eigenvalue weighted by Gasteiger charge is 2.25. The van der Waals surface area contributed by atoms with Crippen LogP contribution in [0.4, 0.5) is 0 Å². The number of thioether (sulfide) groups is 1. The first-order chi connectivity index (χ1) is 15.8. The molecule has 0 saturated carbocycles. The monoisotopic (exact) mass is 490 g/mol. The molecule has 180 valence electrons. The van der Waals surface area contributed by atoms with Crippen molar-refractivity contribution in [1.29, 1.82) is 0 Å². The maximum Gasteiger partial charge on any atom is 0.255 e. The largest absolute Gasteiger partial charge is 0.496 e. The molecule has 2 aromatic rings. The van der Waals surface area contributed by atoms with E-state index in [1.54, 1.807) is 19.2 Å². The number of benzene rings is 2. The highest BCUT2D eigenvalue weighted by molar-refractivity contribution is 7.98. The van der Waals surface area contributed by atoms with Gasteiger partial charge in [-0.15, -0.1) is 11.8 Å². The van der Waals surface area contributed by atoms with Crippen LogP contribution in [0, 0.1) is 6.92 Å². The summed E-state index contributed by atoms with van der Waals surface area (Å²) in [7, 11) is -2.21. The summed E-state index contributed by atoms with van der Waals surface area (Å²) in [6.45, 7) is 5.32. The molecule has 0 aliphatic carbocycles. The van der Waals surface area contributed by atoms with Crippen molar-refractivity contribution in [3.05, 3.63) is 53.1 Å². The second kappa shape index (κ2) is 11.4. The van der Waals surface area contributed by atoms with Crippen molar-refractivity contribution < 1.29 is 17.9 Å². The summed E-state index contributed by atoms with van der Waals surface area (Å²) < 4.78 is 34.8. The standard InChI is InChI=1S/C25H34N2O4S2/c1-5-22(19-10-12-23(31-3)18(2)16-19)26-33(29,30)20-11-13-24(32-4)21(17-20)25(28)27-14-8-6-7-9-15-27/h10-13,16-17,22,26H,5-9,14-15H2,1-4H3/t22-/m1/s1. The fraction of sp³-hybridized carbons (Fsp3) is 0.480. The molecule has 1 saturated heterocycles. The quantitative estimate of drug-likeness (QED) is 0.517. The Kier molecular flexibility index (Phi) is 8.84. The van der Waals surface area contributed by atoms with Gasteiger partial charge in [0.15, 0.2) is 0 Å². The molecule has 0 bridgehead atoms. The molecule has 1 atom stereocenters. The number of sulfonamides is 1. The summed E-state index contributed by atoms with van der Waals surface area (Å²) in [5.41, 5.74) is 2.28. The lowest BCUT2D eigenvalue weighted by molar-refractivity contribution is 0.0758. The topological polar surface area (TPSA) is 75.7 Å². The molecule has 3 rings (SSSR count). The predicted octanol–water partition coefficient (Wildman–Crippen LogP) is 5.17. The smallest absolute Gasteiger partial charge is 0.255 e. The Morgan fingerprint density at radius 2 is 1.82 bits per heavy atom. The van der Waals surface area contributed by atoms with Gasteiger partial charge in [-0.25, -0.2) is 13.1 Å². The fourth-order valence-electron chi connectivity index (χ4n) is 4.23. The number of nitrogens with zero attached hydrogens (tertiary/aromatic N) is 1. The van der Waals surface area contributed by atoms with Gasteiger partial charge in [-0.05, 0) is 67.8 Å². The maximum atomic E-state index is 13.3. The molecule has 1 N–H and O–H groups in total. The minimum absolute atomic E-state index is 0.0869. The Morgan fingerprint density at radius 3 is 2.39 bits per heavy atom. The molecule has 8 heteroatoms. The van der Waals surface area contributed by atoms with E-state index in [2.05, 4.69) is 4.72 Å². The van der Waals surface area contributed by atoms with Crippen LogP contribution in [0.1, 0.15) is 66.6 Å². The van der Waals surface area contributed by atoms with Crippen molar-refractivity contribution in [3.8, 4) is 5.75 Å². The third-order valence-electron chi connectivity index (χ3n) is 6.13. The molecule has 6 nitrogen and oxygen atoms in total. The number of carbonyl (C=O) groups excluding carboxylic acids is 1. The van der Waals surface area contributed by atoms with Gasteiger partial charge >= 0.3 is 0 Å². The van der Waals surface area contributed by atoms with E-state index in [9.17, 15) is 13.2 Å². The normalized spacial score (nSPS) is 15.7. The van der Waals surface area contributed by atoms with Crippen molar-refractivity contribution in [2.24, 2.45) is 0 Å². The number of hydrogen-bond donors (Lipinski definition) is 1. The Bertz CT molecular complexity index is 1080. The van der Waals surface area contributed by atoms with Gasteiger partial charge in [0.1, 0.15) is 5.75 Å². The van der Waals surface area contributed by atoms with E-state index >= 15 is 0 Å². The zero-order valence-electron chi connectivity index (χ0n) is 19.9.